The molecule has 0 bridgehead atoms. The zero-order chi connectivity index (χ0) is 14.5. The van der Waals surface area contributed by atoms with Crippen molar-refractivity contribution in [2.75, 3.05) is 0 Å². The van der Waals surface area contributed by atoms with Gasteiger partial charge in [-0.2, -0.15) is 0 Å². The van der Waals surface area contributed by atoms with Crippen molar-refractivity contribution in [2.24, 2.45) is 12.2 Å². The molecule has 1 aromatic heterocycles. The number of aryl methyl sites for hydroxylation is 1. The lowest BCUT2D eigenvalue weighted by atomic mass is 10.2. The summed E-state index contributed by atoms with van der Waals surface area (Å²) in [5.41, 5.74) is 0.551. The number of imidazole rings is 1. The van der Waals surface area contributed by atoms with E-state index < -0.39 is 10.9 Å². The minimum atomic E-state index is -0.685. The summed E-state index contributed by atoms with van der Waals surface area (Å²) in [7, 11) is 1.66. The summed E-state index contributed by atoms with van der Waals surface area (Å²) in [6.07, 6.45) is 4.36. The van der Waals surface area contributed by atoms with Crippen molar-refractivity contribution in [3.63, 3.8) is 0 Å². The molecular formula is C12H10N4O4. The third-order valence-electron chi connectivity index (χ3n) is 2.45. The second-order valence-corrected chi connectivity index (χ2v) is 3.82. The molecule has 0 radical (unpaired) electrons. The summed E-state index contributed by atoms with van der Waals surface area (Å²) in [6, 6.07) is 5.66. The van der Waals surface area contributed by atoms with Crippen LogP contribution in [-0.4, -0.2) is 26.7 Å². The number of rotatable bonds is 4. The molecule has 1 heterocycles. The Morgan fingerprint density at radius 2 is 2.15 bits per heavy atom. The van der Waals surface area contributed by atoms with Gasteiger partial charge in [0, 0.05) is 31.6 Å². The van der Waals surface area contributed by atoms with Gasteiger partial charge in [-0.05, 0) is 17.7 Å². The number of nitro benzene ring substituents is 1. The number of hydrogen-bond donors (Lipinski definition) is 0. The second-order valence-electron chi connectivity index (χ2n) is 3.82. The predicted octanol–water partition coefficient (Wildman–Crippen LogP) is 1.52. The molecule has 0 fully saturated rings. The van der Waals surface area contributed by atoms with Gasteiger partial charge in [0.15, 0.2) is 0 Å². The summed E-state index contributed by atoms with van der Waals surface area (Å²) in [6.45, 7) is 0. The molecular weight excluding hydrogens is 264 g/mol. The fraction of sp³-hybridized carbons (Fsp3) is 0.0833. The largest absolute Gasteiger partial charge is 0.400 e. The molecule has 0 aliphatic heterocycles. The van der Waals surface area contributed by atoms with E-state index in [2.05, 4.69) is 15.0 Å². The number of non-ortho nitro benzene ring substituents is 1. The van der Waals surface area contributed by atoms with Crippen molar-refractivity contribution in [1.29, 1.82) is 0 Å². The van der Waals surface area contributed by atoms with Crippen LogP contribution in [0.5, 0.6) is 0 Å². The summed E-state index contributed by atoms with van der Waals surface area (Å²) < 4.78 is 1.50. The van der Waals surface area contributed by atoms with Gasteiger partial charge in [-0.3, -0.25) is 10.1 Å². The van der Waals surface area contributed by atoms with Crippen LogP contribution in [0.3, 0.4) is 0 Å². The molecule has 0 N–H and O–H groups in total. The van der Waals surface area contributed by atoms with Gasteiger partial charge >= 0.3 is 5.97 Å². The van der Waals surface area contributed by atoms with E-state index in [1.54, 1.807) is 13.2 Å². The number of nitro groups is 1. The van der Waals surface area contributed by atoms with Crippen molar-refractivity contribution in [2.45, 2.75) is 0 Å². The van der Waals surface area contributed by atoms with E-state index in [9.17, 15) is 14.9 Å². The van der Waals surface area contributed by atoms with E-state index in [0.717, 1.165) is 0 Å². The van der Waals surface area contributed by atoms with Crippen LogP contribution in [0.4, 0.5) is 5.69 Å². The highest BCUT2D eigenvalue weighted by molar-refractivity contribution is 5.86. The molecule has 2 rings (SSSR count). The average Bonchev–Trinajstić information content (AvgIpc) is 2.85. The quantitative estimate of drug-likeness (QED) is 0.364. The minimum Gasteiger partial charge on any atom is -0.328 e. The lowest BCUT2D eigenvalue weighted by molar-refractivity contribution is -0.384. The Morgan fingerprint density at radius 3 is 2.70 bits per heavy atom. The molecule has 8 heteroatoms. The van der Waals surface area contributed by atoms with Crippen molar-refractivity contribution in [3.8, 4) is 0 Å². The van der Waals surface area contributed by atoms with Gasteiger partial charge in [-0.1, -0.05) is 5.16 Å². The van der Waals surface area contributed by atoms with Gasteiger partial charge in [0.1, 0.15) is 0 Å². The summed E-state index contributed by atoms with van der Waals surface area (Å²) in [5.74, 6) is -0.554. The summed E-state index contributed by atoms with van der Waals surface area (Å²) in [4.78, 5) is 30.0. The van der Waals surface area contributed by atoms with Crippen LogP contribution < -0.4 is 0 Å². The summed E-state index contributed by atoms with van der Waals surface area (Å²) in [5, 5.41) is 14.0. The number of carbonyl (C=O) groups excluding carboxylic acids is 1. The van der Waals surface area contributed by atoms with Crippen LogP contribution in [0, 0.1) is 10.1 Å². The van der Waals surface area contributed by atoms with Gasteiger partial charge in [0.05, 0.1) is 11.1 Å². The van der Waals surface area contributed by atoms with E-state index in [-0.39, 0.29) is 11.5 Å². The van der Waals surface area contributed by atoms with Crippen molar-refractivity contribution >= 4 is 17.9 Å². The molecule has 0 atom stereocenters. The third kappa shape index (κ3) is 3.05. The summed E-state index contributed by atoms with van der Waals surface area (Å²) >= 11 is 0. The topological polar surface area (TPSA) is 99.6 Å². The molecule has 0 aliphatic carbocycles. The lowest BCUT2D eigenvalue weighted by Crippen LogP contribution is -2.08. The Morgan fingerprint density at radius 1 is 1.45 bits per heavy atom. The van der Waals surface area contributed by atoms with Gasteiger partial charge < -0.3 is 9.40 Å². The molecule has 2 aromatic rings. The first kappa shape index (κ1) is 13.4. The molecule has 8 nitrogen and oxygen atoms in total. The van der Waals surface area contributed by atoms with Crippen molar-refractivity contribution in [1.82, 2.24) is 9.55 Å². The Kier molecular flexibility index (Phi) is 3.85. The molecule has 0 saturated heterocycles. The zero-order valence-corrected chi connectivity index (χ0v) is 10.5. The van der Waals surface area contributed by atoms with Crippen LogP contribution in [0.25, 0.3) is 0 Å². The Hall–Kier alpha value is -3.03. The number of nitrogens with zero attached hydrogens (tertiary/aromatic N) is 4. The first-order valence-electron chi connectivity index (χ1n) is 5.54. The third-order valence-corrected chi connectivity index (χ3v) is 2.45. The van der Waals surface area contributed by atoms with Crippen LogP contribution in [0.2, 0.25) is 0 Å². The lowest BCUT2D eigenvalue weighted by Gasteiger charge is -1.97. The highest BCUT2D eigenvalue weighted by Gasteiger charge is 2.11. The van der Waals surface area contributed by atoms with Gasteiger partial charge in [0.25, 0.3) is 5.69 Å². The van der Waals surface area contributed by atoms with Gasteiger partial charge in [-0.25, -0.2) is 9.78 Å². The maximum Gasteiger partial charge on any atom is 0.400 e. The smallest absolute Gasteiger partial charge is 0.328 e. The van der Waals surface area contributed by atoms with Crippen LogP contribution in [-0.2, 0) is 11.9 Å². The van der Waals surface area contributed by atoms with E-state index in [1.807, 2.05) is 0 Å². The van der Waals surface area contributed by atoms with Crippen LogP contribution in [0.15, 0.2) is 41.8 Å². The number of benzene rings is 1. The fourth-order valence-electron chi connectivity index (χ4n) is 1.42. The average molecular weight is 274 g/mol. The number of oxime groups is 1. The Labute approximate surface area is 113 Å². The number of aromatic nitrogens is 2. The maximum absolute atomic E-state index is 11.6. The molecule has 102 valence electrons. The van der Waals surface area contributed by atoms with Crippen molar-refractivity contribution < 1.29 is 14.6 Å². The molecule has 0 unspecified atom stereocenters. The Bertz CT molecular complexity index is 660. The minimum absolute atomic E-state index is 0.0212. The highest BCUT2D eigenvalue weighted by Crippen LogP contribution is 2.10. The Balaban J connectivity index is 1.98. The van der Waals surface area contributed by atoms with E-state index in [4.69, 9.17) is 0 Å². The number of hydrogen-bond acceptors (Lipinski definition) is 6. The van der Waals surface area contributed by atoms with Crippen LogP contribution >= 0.6 is 0 Å². The molecule has 20 heavy (non-hydrogen) atoms. The standard InChI is InChI=1S/C12H10N4O4/c1-15-7-6-13-11(15)12(17)20-14-8-9-2-4-10(5-3-9)16(18)19/h2-8H,1H3. The maximum atomic E-state index is 11.6. The highest BCUT2D eigenvalue weighted by atomic mass is 16.7. The zero-order valence-electron chi connectivity index (χ0n) is 10.5. The van der Waals surface area contributed by atoms with E-state index in [0.29, 0.717) is 5.56 Å². The van der Waals surface area contributed by atoms with Gasteiger partial charge in [-0.15, -0.1) is 0 Å². The van der Waals surface area contributed by atoms with Gasteiger partial charge in [0.2, 0.25) is 5.82 Å². The molecule has 0 aliphatic rings. The normalized spacial score (nSPS) is 10.7. The SMILES string of the molecule is Cn1ccnc1C(=O)ON=Cc1ccc([N+](=O)[O-])cc1. The van der Waals surface area contributed by atoms with Crippen LogP contribution in [0.1, 0.15) is 16.2 Å². The van der Waals surface area contributed by atoms with E-state index in [1.165, 1.54) is 41.2 Å². The molecule has 0 spiro atoms. The predicted molar refractivity (Wildman–Crippen MR) is 69.3 cm³/mol. The number of carbonyl (C=O) groups is 1. The molecule has 0 saturated carbocycles. The monoisotopic (exact) mass is 274 g/mol. The first-order chi connectivity index (χ1) is 9.58. The first-order valence-corrected chi connectivity index (χ1v) is 5.54. The van der Waals surface area contributed by atoms with E-state index >= 15 is 0 Å². The van der Waals surface area contributed by atoms with Crippen molar-refractivity contribution in [3.05, 3.63) is 58.2 Å². The second kappa shape index (κ2) is 5.74. The molecule has 1 aromatic carbocycles. The fourth-order valence-corrected chi connectivity index (χ4v) is 1.42. The molecule has 0 amide bonds.